The smallest absolute Gasteiger partial charge is 0.253 e. The van der Waals surface area contributed by atoms with Gasteiger partial charge in [-0.05, 0) is 37.3 Å². The van der Waals surface area contributed by atoms with Crippen LogP contribution in [-0.4, -0.2) is 42.5 Å². The van der Waals surface area contributed by atoms with E-state index in [1.54, 1.807) is 22.8 Å². The maximum absolute atomic E-state index is 12.7. The summed E-state index contributed by atoms with van der Waals surface area (Å²) in [6.07, 6.45) is 0. The van der Waals surface area contributed by atoms with Crippen molar-refractivity contribution in [1.82, 2.24) is 30.3 Å². The van der Waals surface area contributed by atoms with Gasteiger partial charge in [0.15, 0.2) is 11.0 Å². The normalized spacial score (nSPS) is 10.8. The van der Waals surface area contributed by atoms with Gasteiger partial charge in [-0.25, -0.2) is 0 Å². The number of rotatable bonds is 8. The Bertz CT molecular complexity index is 1330. The summed E-state index contributed by atoms with van der Waals surface area (Å²) in [6, 6.07) is 14.5. The van der Waals surface area contributed by atoms with E-state index < -0.39 is 0 Å². The van der Waals surface area contributed by atoms with Crippen LogP contribution < -0.4 is 10.6 Å². The van der Waals surface area contributed by atoms with Crippen LogP contribution in [0.3, 0.4) is 0 Å². The van der Waals surface area contributed by atoms with Crippen molar-refractivity contribution in [2.45, 2.75) is 18.6 Å². The van der Waals surface area contributed by atoms with Crippen molar-refractivity contribution < 1.29 is 9.59 Å². The molecule has 0 atom stereocenters. The van der Waals surface area contributed by atoms with Crippen molar-refractivity contribution in [2.24, 2.45) is 0 Å². The van der Waals surface area contributed by atoms with Crippen LogP contribution in [0.1, 0.15) is 21.2 Å². The first-order valence-corrected chi connectivity index (χ1v) is 12.8. The molecular formula is C21H17BrClN7O2S2. The van der Waals surface area contributed by atoms with E-state index in [-0.39, 0.29) is 24.1 Å². The van der Waals surface area contributed by atoms with Crippen LogP contribution in [0.25, 0.3) is 5.69 Å². The zero-order chi connectivity index (χ0) is 24.1. The van der Waals surface area contributed by atoms with E-state index >= 15 is 0 Å². The molecule has 2 amide bonds. The fourth-order valence-electron chi connectivity index (χ4n) is 2.90. The summed E-state index contributed by atoms with van der Waals surface area (Å²) >= 11 is 12.0. The molecule has 0 unspecified atom stereocenters. The first kappa shape index (κ1) is 24.3. The number of anilines is 1. The number of aromatic nitrogens is 5. The highest BCUT2D eigenvalue weighted by Gasteiger charge is 2.18. The molecule has 9 nitrogen and oxygen atoms in total. The summed E-state index contributed by atoms with van der Waals surface area (Å²) in [7, 11) is 0. The van der Waals surface area contributed by atoms with Gasteiger partial charge in [0, 0.05) is 10.2 Å². The summed E-state index contributed by atoms with van der Waals surface area (Å²) in [5, 5.41) is 23.9. The predicted octanol–water partition coefficient (Wildman–Crippen LogP) is 4.50. The Labute approximate surface area is 216 Å². The zero-order valence-electron chi connectivity index (χ0n) is 17.7. The van der Waals surface area contributed by atoms with Crippen molar-refractivity contribution in [2.75, 3.05) is 11.1 Å². The Balaban J connectivity index is 1.50. The van der Waals surface area contributed by atoms with Crippen molar-refractivity contribution in [1.29, 1.82) is 0 Å². The van der Waals surface area contributed by atoms with E-state index in [1.165, 1.54) is 23.1 Å². The molecule has 4 rings (SSSR count). The summed E-state index contributed by atoms with van der Waals surface area (Å²) in [5.74, 6) is 0.0370. The molecule has 0 fully saturated rings. The van der Waals surface area contributed by atoms with Crippen LogP contribution in [0, 0.1) is 6.92 Å². The Morgan fingerprint density at radius 3 is 2.65 bits per heavy atom. The highest BCUT2D eigenvalue weighted by atomic mass is 79.9. The number of aryl methyl sites for hydroxylation is 1. The minimum Gasteiger partial charge on any atom is -0.345 e. The van der Waals surface area contributed by atoms with Crippen LogP contribution in [0.15, 0.2) is 58.2 Å². The molecule has 0 spiro atoms. The Hall–Kier alpha value is -2.80. The number of para-hydroxylation sites is 1. The van der Waals surface area contributed by atoms with Crippen LogP contribution in [0.2, 0.25) is 5.02 Å². The van der Waals surface area contributed by atoms with Gasteiger partial charge in [-0.15, -0.1) is 20.4 Å². The van der Waals surface area contributed by atoms with Gasteiger partial charge in [-0.2, -0.15) is 0 Å². The lowest BCUT2D eigenvalue weighted by molar-refractivity contribution is -0.113. The molecule has 4 aromatic rings. The highest BCUT2D eigenvalue weighted by molar-refractivity contribution is 9.10. The lowest BCUT2D eigenvalue weighted by atomic mass is 10.2. The van der Waals surface area contributed by atoms with E-state index in [4.69, 9.17) is 11.6 Å². The molecule has 0 saturated carbocycles. The maximum atomic E-state index is 12.7. The number of carbonyl (C=O) groups excluding carboxylic acids is 2. The van der Waals surface area contributed by atoms with Crippen LogP contribution in [0.5, 0.6) is 0 Å². The molecule has 0 aliphatic carbocycles. The number of nitrogens with zero attached hydrogens (tertiary/aromatic N) is 5. The minimum atomic E-state index is -0.338. The van der Waals surface area contributed by atoms with Crippen molar-refractivity contribution >= 4 is 67.6 Å². The van der Waals surface area contributed by atoms with Gasteiger partial charge in [-0.3, -0.25) is 19.5 Å². The van der Waals surface area contributed by atoms with Gasteiger partial charge >= 0.3 is 0 Å². The van der Waals surface area contributed by atoms with Crippen LogP contribution in [0.4, 0.5) is 5.13 Å². The average molecular weight is 579 g/mol. The number of thioether (sulfide) groups is 1. The summed E-state index contributed by atoms with van der Waals surface area (Å²) in [5.41, 5.74) is 1.15. The van der Waals surface area contributed by atoms with Gasteiger partial charge in [0.25, 0.3) is 5.91 Å². The van der Waals surface area contributed by atoms with E-state index in [1.807, 2.05) is 37.3 Å². The van der Waals surface area contributed by atoms with E-state index in [0.29, 0.717) is 26.7 Å². The third kappa shape index (κ3) is 6.00. The topological polar surface area (TPSA) is 115 Å². The van der Waals surface area contributed by atoms with Gasteiger partial charge in [0.05, 0.1) is 22.9 Å². The maximum Gasteiger partial charge on any atom is 0.253 e. The Kier molecular flexibility index (Phi) is 7.93. The SMILES string of the molecule is Cc1nnc(NC(=O)CSc2nnc(CNC(=O)c3cc(Br)ccc3Cl)n2-c2ccccc2)s1. The van der Waals surface area contributed by atoms with Gasteiger partial charge in [-0.1, -0.05) is 68.8 Å². The molecule has 2 aromatic heterocycles. The number of hydrogen-bond donors (Lipinski definition) is 2. The van der Waals surface area contributed by atoms with Gasteiger partial charge < -0.3 is 5.32 Å². The Morgan fingerprint density at radius 2 is 1.91 bits per heavy atom. The summed E-state index contributed by atoms with van der Waals surface area (Å²) in [6.45, 7) is 1.93. The first-order valence-electron chi connectivity index (χ1n) is 9.86. The predicted molar refractivity (Wildman–Crippen MR) is 136 cm³/mol. The summed E-state index contributed by atoms with van der Waals surface area (Å²) < 4.78 is 2.55. The largest absolute Gasteiger partial charge is 0.345 e. The Morgan fingerprint density at radius 1 is 1.12 bits per heavy atom. The molecule has 0 radical (unpaired) electrons. The van der Waals surface area contributed by atoms with E-state index in [9.17, 15) is 9.59 Å². The van der Waals surface area contributed by atoms with E-state index in [2.05, 4.69) is 47.0 Å². The van der Waals surface area contributed by atoms with Crippen LogP contribution >= 0.6 is 50.6 Å². The lowest BCUT2D eigenvalue weighted by Crippen LogP contribution is -2.25. The third-order valence-corrected chi connectivity index (χ3v) is 6.91. The molecule has 2 heterocycles. The van der Waals surface area contributed by atoms with Gasteiger partial charge in [0.1, 0.15) is 5.01 Å². The van der Waals surface area contributed by atoms with E-state index in [0.717, 1.165) is 15.2 Å². The quantitative estimate of drug-likeness (QED) is 0.296. The fourth-order valence-corrected chi connectivity index (χ4v) is 4.85. The second-order valence-electron chi connectivity index (χ2n) is 6.84. The minimum absolute atomic E-state index is 0.101. The standard InChI is InChI=1S/C21H17BrClN7O2S2/c1-12-26-28-20(34-12)25-18(31)11-33-21-29-27-17(30(21)14-5-3-2-4-6-14)10-24-19(32)15-9-13(22)7-8-16(15)23/h2-9H,10-11H2,1H3,(H,24,32)(H,25,28,31). The molecule has 0 saturated heterocycles. The lowest BCUT2D eigenvalue weighted by Gasteiger charge is -2.11. The van der Waals surface area contributed by atoms with Gasteiger partial charge in [0.2, 0.25) is 11.0 Å². The summed E-state index contributed by atoms with van der Waals surface area (Å²) in [4.78, 5) is 25.1. The number of amides is 2. The number of halogens is 2. The monoisotopic (exact) mass is 577 g/mol. The molecule has 2 aromatic carbocycles. The van der Waals surface area contributed by atoms with Crippen LogP contribution in [-0.2, 0) is 11.3 Å². The fraction of sp³-hybridized carbons (Fsp3) is 0.143. The second-order valence-corrected chi connectivity index (χ2v) is 10.3. The van der Waals surface area contributed by atoms with Crippen molar-refractivity contribution in [3.63, 3.8) is 0 Å². The number of benzene rings is 2. The number of carbonyl (C=O) groups is 2. The molecular weight excluding hydrogens is 562 g/mol. The molecule has 34 heavy (non-hydrogen) atoms. The average Bonchev–Trinajstić information content (AvgIpc) is 3.43. The van der Waals surface area contributed by atoms with Crippen molar-refractivity contribution in [3.05, 3.63) is 74.4 Å². The molecule has 2 N–H and O–H groups in total. The molecule has 0 aliphatic rings. The molecule has 174 valence electrons. The first-order chi connectivity index (χ1) is 16.4. The third-order valence-electron chi connectivity index (χ3n) is 4.40. The second kappa shape index (κ2) is 11.1. The number of nitrogens with one attached hydrogen (secondary N) is 2. The zero-order valence-corrected chi connectivity index (χ0v) is 21.6. The number of hydrogen-bond acceptors (Lipinski definition) is 8. The molecule has 13 heteroatoms. The highest BCUT2D eigenvalue weighted by Crippen LogP contribution is 2.24. The molecule has 0 aliphatic heterocycles. The molecule has 0 bridgehead atoms. The van der Waals surface area contributed by atoms with Crippen molar-refractivity contribution in [3.8, 4) is 5.69 Å².